The Morgan fingerprint density at radius 2 is 1.78 bits per heavy atom. The minimum absolute atomic E-state index is 0.171. The average molecular weight is 162 g/mol. The van der Waals surface area contributed by atoms with Crippen molar-refractivity contribution in [3.05, 3.63) is 0 Å². The Morgan fingerprint density at radius 3 is 1.89 bits per heavy atom. The van der Waals surface area contributed by atoms with Gasteiger partial charge in [-0.1, -0.05) is 20.4 Å². The Hall–Kier alpha value is 0.394. The van der Waals surface area contributed by atoms with E-state index in [9.17, 15) is 0 Å². The SMILES string of the molecule is C[SiH2]O[Si](C)(C)C(C)C. The zero-order chi connectivity index (χ0) is 7.49. The van der Waals surface area contributed by atoms with Crippen molar-refractivity contribution in [1.29, 1.82) is 0 Å². The van der Waals surface area contributed by atoms with E-state index >= 15 is 0 Å². The third kappa shape index (κ3) is 3.18. The van der Waals surface area contributed by atoms with Gasteiger partial charge in [0.1, 0.15) is 9.76 Å². The van der Waals surface area contributed by atoms with E-state index in [0.29, 0.717) is 0 Å². The van der Waals surface area contributed by atoms with Crippen LogP contribution in [0, 0.1) is 0 Å². The molecule has 0 atom stereocenters. The fourth-order valence-electron chi connectivity index (χ4n) is 0.539. The molecule has 0 aromatic carbocycles. The number of hydrogen-bond donors (Lipinski definition) is 0. The van der Waals surface area contributed by atoms with E-state index in [-0.39, 0.29) is 9.76 Å². The highest BCUT2D eigenvalue weighted by Crippen LogP contribution is 2.20. The normalized spacial score (nSPS) is 14.0. The molecule has 0 aliphatic heterocycles. The second-order valence-corrected chi connectivity index (χ2v) is 9.28. The molecule has 0 saturated carbocycles. The smallest absolute Gasteiger partial charge is 0.175 e. The molecule has 0 aliphatic rings. The minimum Gasteiger partial charge on any atom is -0.461 e. The van der Waals surface area contributed by atoms with E-state index in [1.165, 1.54) is 0 Å². The molecule has 0 aromatic rings. The first-order valence-electron chi connectivity index (χ1n) is 3.64. The summed E-state index contributed by atoms with van der Waals surface area (Å²) in [6.07, 6.45) is 0. The molecule has 56 valence electrons. The van der Waals surface area contributed by atoms with Crippen LogP contribution in [0.5, 0.6) is 0 Å². The summed E-state index contributed by atoms with van der Waals surface area (Å²) in [6.45, 7) is 11.3. The highest BCUT2D eigenvalue weighted by molar-refractivity contribution is 6.76. The monoisotopic (exact) mass is 162 g/mol. The third-order valence-corrected chi connectivity index (χ3v) is 8.82. The Bertz CT molecular complexity index is 81.1. The van der Waals surface area contributed by atoms with Gasteiger partial charge >= 0.3 is 0 Å². The van der Waals surface area contributed by atoms with Crippen molar-refractivity contribution < 1.29 is 4.12 Å². The molecule has 0 heterocycles. The van der Waals surface area contributed by atoms with Crippen LogP contribution in [0.2, 0.25) is 25.2 Å². The largest absolute Gasteiger partial charge is 0.461 e. The maximum atomic E-state index is 5.77. The second-order valence-electron chi connectivity index (χ2n) is 3.19. The fourth-order valence-corrected chi connectivity index (χ4v) is 4.85. The summed E-state index contributed by atoms with van der Waals surface area (Å²) in [7, 11) is -1.39. The maximum Gasteiger partial charge on any atom is 0.175 e. The molecular weight excluding hydrogens is 144 g/mol. The molecule has 0 aliphatic carbocycles. The van der Waals surface area contributed by atoms with Crippen molar-refractivity contribution in [1.82, 2.24) is 0 Å². The zero-order valence-corrected chi connectivity index (χ0v) is 9.61. The van der Waals surface area contributed by atoms with Crippen LogP contribution in [-0.4, -0.2) is 18.1 Å². The maximum absolute atomic E-state index is 5.77. The van der Waals surface area contributed by atoms with Crippen LogP contribution < -0.4 is 0 Å². The van der Waals surface area contributed by atoms with Gasteiger partial charge in [0.25, 0.3) is 0 Å². The van der Waals surface area contributed by atoms with Crippen LogP contribution in [0.15, 0.2) is 0 Å². The molecule has 0 amide bonds. The van der Waals surface area contributed by atoms with Gasteiger partial charge in [0.2, 0.25) is 0 Å². The van der Waals surface area contributed by atoms with Crippen molar-refractivity contribution in [2.24, 2.45) is 0 Å². The van der Waals surface area contributed by atoms with Gasteiger partial charge < -0.3 is 4.12 Å². The number of hydrogen-bond acceptors (Lipinski definition) is 1. The molecule has 0 bridgehead atoms. The van der Waals surface area contributed by atoms with Crippen LogP contribution >= 0.6 is 0 Å². The molecule has 9 heavy (non-hydrogen) atoms. The summed E-state index contributed by atoms with van der Waals surface area (Å²) in [6, 6.07) is 0. The first-order valence-corrected chi connectivity index (χ1v) is 8.62. The van der Waals surface area contributed by atoms with Gasteiger partial charge in [0, 0.05) is 0 Å². The number of rotatable bonds is 3. The average Bonchev–Trinajstić information content (AvgIpc) is 1.65. The van der Waals surface area contributed by atoms with Crippen molar-refractivity contribution in [3.8, 4) is 0 Å². The van der Waals surface area contributed by atoms with Gasteiger partial charge in [0.05, 0.1) is 0 Å². The molecule has 0 N–H and O–H groups in total. The van der Waals surface area contributed by atoms with Gasteiger partial charge in [-0.15, -0.1) is 0 Å². The minimum atomic E-state index is -1.22. The molecule has 0 rings (SSSR count). The van der Waals surface area contributed by atoms with Crippen molar-refractivity contribution >= 4 is 18.1 Å². The summed E-state index contributed by atoms with van der Waals surface area (Å²) in [5.41, 5.74) is 0.768. The van der Waals surface area contributed by atoms with Crippen molar-refractivity contribution in [2.75, 3.05) is 0 Å². The van der Waals surface area contributed by atoms with Crippen LogP contribution in [0.4, 0.5) is 0 Å². The van der Waals surface area contributed by atoms with Crippen molar-refractivity contribution in [2.45, 2.75) is 39.0 Å². The second kappa shape index (κ2) is 3.53. The lowest BCUT2D eigenvalue weighted by Crippen LogP contribution is -2.34. The van der Waals surface area contributed by atoms with Gasteiger partial charge in [0.15, 0.2) is 8.32 Å². The van der Waals surface area contributed by atoms with Crippen molar-refractivity contribution in [3.63, 3.8) is 0 Å². The molecular formula is C6H18OSi2. The predicted molar refractivity (Wildman–Crippen MR) is 48.1 cm³/mol. The van der Waals surface area contributed by atoms with Crippen LogP contribution in [-0.2, 0) is 4.12 Å². The fraction of sp³-hybridized carbons (Fsp3) is 1.00. The molecule has 1 nitrogen and oxygen atoms in total. The molecule has 0 spiro atoms. The van der Waals surface area contributed by atoms with E-state index in [4.69, 9.17) is 4.12 Å². The summed E-state index contributed by atoms with van der Waals surface area (Å²) >= 11 is 0. The van der Waals surface area contributed by atoms with E-state index in [1.807, 2.05) is 0 Å². The van der Waals surface area contributed by atoms with Crippen LogP contribution in [0.1, 0.15) is 13.8 Å². The highest BCUT2D eigenvalue weighted by atomic mass is 28.4. The van der Waals surface area contributed by atoms with Gasteiger partial charge in [-0.05, 0) is 18.6 Å². The third-order valence-electron chi connectivity index (χ3n) is 1.91. The van der Waals surface area contributed by atoms with E-state index in [1.54, 1.807) is 0 Å². The lowest BCUT2D eigenvalue weighted by atomic mass is 10.6. The Morgan fingerprint density at radius 1 is 1.33 bits per heavy atom. The van der Waals surface area contributed by atoms with E-state index in [2.05, 4.69) is 33.5 Å². The van der Waals surface area contributed by atoms with Gasteiger partial charge in [-0.2, -0.15) is 0 Å². The van der Waals surface area contributed by atoms with Crippen LogP contribution in [0.25, 0.3) is 0 Å². The van der Waals surface area contributed by atoms with E-state index in [0.717, 1.165) is 5.54 Å². The zero-order valence-electron chi connectivity index (χ0n) is 7.19. The Kier molecular flexibility index (Phi) is 3.69. The topological polar surface area (TPSA) is 9.23 Å². The van der Waals surface area contributed by atoms with Gasteiger partial charge in [-0.3, -0.25) is 0 Å². The highest BCUT2D eigenvalue weighted by Gasteiger charge is 2.24. The van der Waals surface area contributed by atoms with Crippen LogP contribution in [0.3, 0.4) is 0 Å². The van der Waals surface area contributed by atoms with E-state index < -0.39 is 8.32 Å². The Labute approximate surface area is 61.9 Å². The molecule has 0 fully saturated rings. The molecule has 0 unspecified atom stereocenters. The predicted octanol–water partition coefficient (Wildman–Crippen LogP) is 1.75. The molecule has 0 aromatic heterocycles. The standard InChI is InChI=1S/C6H18OSi2/c1-6(2)9(4,5)7-8-3/h6H,8H2,1-5H3. The summed E-state index contributed by atoms with van der Waals surface area (Å²) in [4.78, 5) is 0. The molecule has 0 radical (unpaired) electrons. The lowest BCUT2D eigenvalue weighted by molar-refractivity contribution is 0.572. The first-order chi connectivity index (χ1) is 4.00. The Balaban J connectivity index is 3.70. The lowest BCUT2D eigenvalue weighted by Gasteiger charge is -2.26. The first kappa shape index (κ1) is 9.39. The molecule has 0 saturated heterocycles. The quantitative estimate of drug-likeness (QED) is 0.575. The summed E-state index contributed by atoms with van der Waals surface area (Å²) in [5.74, 6) is 0. The van der Waals surface area contributed by atoms with Gasteiger partial charge in [-0.25, -0.2) is 0 Å². The summed E-state index contributed by atoms with van der Waals surface area (Å²) in [5, 5.41) is 0. The molecule has 3 heteroatoms. The summed E-state index contributed by atoms with van der Waals surface area (Å²) < 4.78 is 5.77.